The molecule has 3 aromatic carbocycles. The molecule has 0 saturated heterocycles. The summed E-state index contributed by atoms with van der Waals surface area (Å²) in [5, 5.41) is 0. The number of hydrogen-bond acceptors (Lipinski definition) is 5. The number of ketones is 1. The van der Waals surface area contributed by atoms with Gasteiger partial charge < -0.3 is 19.1 Å². The fraction of sp³-hybridized carbons (Fsp3) is 0.250. The molecular weight excluding hydrogens is 414 g/mol. The average Bonchev–Trinajstić information content (AvgIpc) is 3.16. The number of benzene rings is 3. The lowest BCUT2D eigenvalue weighted by atomic mass is 10.1. The molecule has 170 valence electrons. The number of carbonyl (C=O) groups excluding carboxylic acids is 1. The first-order valence-electron chi connectivity index (χ1n) is 11.2. The Morgan fingerprint density at radius 3 is 2.36 bits per heavy atom. The molecule has 1 aliphatic heterocycles. The number of nitrogens with zero attached hydrogens (tertiary/aromatic N) is 1. The van der Waals surface area contributed by atoms with Crippen LogP contribution in [-0.4, -0.2) is 26.0 Å². The van der Waals surface area contributed by atoms with Crippen LogP contribution in [0.3, 0.4) is 0 Å². The van der Waals surface area contributed by atoms with Gasteiger partial charge in [0.2, 0.25) is 5.78 Å². The van der Waals surface area contributed by atoms with Crippen molar-refractivity contribution in [1.82, 2.24) is 0 Å². The van der Waals surface area contributed by atoms with Gasteiger partial charge in [-0.25, -0.2) is 0 Å². The second-order valence-corrected chi connectivity index (χ2v) is 7.87. The Balaban J connectivity index is 1.53. The van der Waals surface area contributed by atoms with Crippen LogP contribution in [0, 0.1) is 6.92 Å². The molecule has 0 radical (unpaired) electrons. The van der Waals surface area contributed by atoms with E-state index in [-0.39, 0.29) is 5.78 Å². The highest BCUT2D eigenvalue weighted by molar-refractivity contribution is 6.15. The Morgan fingerprint density at radius 1 is 0.939 bits per heavy atom. The van der Waals surface area contributed by atoms with Crippen LogP contribution in [0.15, 0.2) is 66.4 Å². The van der Waals surface area contributed by atoms with E-state index in [9.17, 15) is 4.79 Å². The van der Waals surface area contributed by atoms with Crippen molar-refractivity contribution in [1.29, 1.82) is 0 Å². The summed E-state index contributed by atoms with van der Waals surface area (Å²) >= 11 is 0. The minimum atomic E-state index is -0.114. The van der Waals surface area contributed by atoms with E-state index < -0.39 is 0 Å². The molecule has 0 spiro atoms. The summed E-state index contributed by atoms with van der Waals surface area (Å²) in [4.78, 5) is 15.2. The number of para-hydroxylation sites is 1. The van der Waals surface area contributed by atoms with Crippen molar-refractivity contribution < 1.29 is 19.0 Å². The molecule has 0 aliphatic carbocycles. The van der Waals surface area contributed by atoms with E-state index in [4.69, 9.17) is 14.2 Å². The van der Waals surface area contributed by atoms with Crippen molar-refractivity contribution in [2.45, 2.75) is 27.4 Å². The van der Waals surface area contributed by atoms with Gasteiger partial charge in [-0.15, -0.1) is 0 Å². The van der Waals surface area contributed by atoms with E-state index in [1.807, 2.05) is 49.4 Å². The Hall–Kier alpha value is -3.73. The quantitative estimate of drug-likeness (QED) is 0.397. The molecule has 0 saturated carbocycles. The summed E-state index contributed by atoms with van der Waals surface area (Å²) in [6.07, 6.45) is 1.79. The zero-order chi connectivity index (χ0) is 23.4. The minimum Gasteiger partial charge on any atom is -0.496 e. The van der Waals surface area contributed by atoms with Crippen LogP contribution in [0.4, 0.5) is 5.69 Å². The van der Waals surface area contributed by atoms with Crippen molar-refractivity contribution in [2.75, 3.05) is 25.1 Å². The van der Waals surface area contributed by atoms with Gasteiger partial charge in [0, 0.05) is 29.9 Å². The highest BCUT2D eigenvalue weighted by Crippen LogP contribution is 2.39. The summed E-state index contributed by atoms with van der Waals surface area (Å²) in [6, 6.07) is 19.5. The van der Waals surface area contributed by atoms with Crippen molar-refractivity contribution in [3.8, 4) is 17.2 Å². The topological polar surface area (TPSA) is 48.0 Å². The number of rotatable bonds is 8. The van der Waals surface area contributed by atoms with Gasteiger partial charge in [0.05, 0.1) is 12.7 Å². The molecule has 0 atom stereocenters. The van der Waals surface area contributed by atoms with Crippen LogP contribution in [0.1, 0.15) is 40.9 Å². The zero-order valence-corrected chi connectivity index (χ0v) is 19.6. The van der Waals surface area contributed by atoms with Crippen LogP contribution in [0.2, 0.25) is 0 Å². The molecule has 0 fully saturated rings. The second kappa shape index (κ2) is 9.82. The van der Waals surface area contributed by atoms with Crippen LogP contribution in [0.5, 0.6) is 17.2 Å². The first-order chi connectivity index (χ1) is 16.0. The lowest BCUT2D eigenvalue weighted by Crippen LogP contribution is -2.21. The molecular formula is C28H29NO4. The summed E-state index contributed by atoms with van der Waals surface area (Å²) in [5.74, 6) is 2.23. The third-order valence-corrected chi connectivity index (χ3v) is 5.93. The SMILES string of the molecule is CCN(CC)c1ccc(/C=C2\Oc3c(ccc(OCc4ccccc4OC)c3C)C2=O)cc1. The van der Waals surface area contributed by atoms with Crippen LogP contribution < -0.4 is 19.1 Å². The van der Waals surface area contributed by atoms with Crippen LogP contribution >= 0.6 is 0 Å². The standard InChI is InChI=1S/C28H29NO4/c1-5-29(6-2)22-13-11-20(12-14-22)17-26-27(30)23-15-16-24(19(3)28(23)33-26)32-18-21-9-7-8-10-25(21)31-4/h7-17H,5-6,18H2,1-4H3/b26-17-. The Bertz CT molecular complexity index is 1180. The number of carbonyl (C=O) groups is 1. The van der Waals surface area contributed by atoms with Gasteiger partial charge >= 0.3 is 0 Å². The highest BCUT2D eigenvalue weighted by atomic mass is 16.5. The van der Waals surface area contributed by atoms with E-state index in [1.54, 1.807) is 19.3 Å². The number of anilines is 1. The summed E-state index contributed by atoms with van der Waals surface area (Å²) < 4.78 is 17.4. The lowest BCUT2D eigenvalue weighted by molar-refractivity contribution is 0.101. The van der Waals surface area contributed by atoms with Crippen molar-refractivity contribution in [3.63, 3.8) is 0 Å². The molecule has 0 amide bonds. The van der Waals surface area contributed by atoms with Crippen molar-refractivity contribution in [2.24, 2.45) is 0 Å². The molecule has 1 heterocycles. The Kier molecular flexibility index (Phi) is 6.68. The predicted octanol–water partition coefficient (Wildman–Crippen LogP) is 6.05. The number of allylic oxidation sites excluding steroid dienone is 1. The lowest BCUT2D eigenvalue weighted by Gasteiger charge is -2.20. The van der Waals surface area contributed by atoms with Gasteiger partial charge in [0.1, 0.15) is 23.9 Å². The average molecular weight is 444 g/mol. The molecule has 5 nitrogen and oxygen atoms in total. The number of hydrogen-bond donors (Lipinski definition) is 0. The van der Waals surface area contributed by atoms with Crippen LogP contribution in [-0.2, 0) is 6.61 Å². The number of ether oxygens (including phenoxy) is 3. The zero-order valence-electron chi connectivity index (χ0n) is 19.6. The number of fused-ring (bicyclic) bond motifs is 1. The van der Waals surface area contributed by atoms with Gasteiger partial charge in [-0.3, -0.25) is 4.79 Å². The van der Waals surface area contributed by atoms with E-state index in [1.165, 1.54) is 0 Å². The molecule has 4 rings (SSSR count). The maximum atomic E-state index is 12.9. The smallest absolute Gasteiger partial charge is 0.231 e. The summed E-state index contributed by atoms with van der Waals surface area (Å²) in [6.45, 7) is 8.45. The molecule has 5 heteroatoms. The van der Waals surface area contributed by atoms with Crippen LogP contribution in [0.25, 0.3) is 6.08 Å². The summed E-state index contributed by atoms with van der Waals surface area (Å²) in [5.41, 5.74) is 4.40. The van der Waals surface area contributed by atoms with Gasteiger partial charge in [-0.1, -0.05) is 30.3 Å². The minimum absolute atomic E-state index is 0.114. The van der Waals surface area contributed by atoms with Gasteiger partial charge in [-0.2, -0.15) is 0 Å². The third-order valence-electron chi connectivity index (χ3n) is 5.93. The predicted molar refractivity (Wildman–Crippen MR) is 131 cm³/mol. The molecule has 0 bridgehead atoms. The van der Waals surface area contributed by atoms with E-state index in [0.717, 1.165) is 41.2 Å². The molecule has 0 N–H and O–H groups in total. The number of Topliss-reactive ketones (excluding diaryl/α,β-unsaturated/α-hetero) is 1. The first kappa shape index (κ1) is 22.5. The van der Waals surface area contributed by atoms with E-state index in [0.29, 0.717) is 29.4 Å². The normalized spacial score (nSPS) is 13.6. The van der Waals surface area contributed by atoms with Gasteiger partial charge in [-0.05, 0) is 62.7 Å². The molecule has 0 aromatic heterocycles. The van der Waals surface area contributed by atoms with E-state index >= 15 is 0 Å². The highest BCUT2D eigenvalue weighted by Gasteiger charge is 2.30. The Morgan fingerprint density at radius 2 is 1.67 bits per heavy atom. The molecule has 33 heavy (non-hydrogen) atoms. The largest absolute Gasteiger partial charge is 0.496 e. The fourth-order valence-corrected chi connectivity index (χ4v) is 4.02. The monoisotopic (exact) mass is 443 g/mol. The first-order valence-corrected chi connectivity index (χ1v) is 11.2. The van der Waals surface area contributed by atoms with Gasteiger partial charge in [0.25, 0.3) is 0 Å². The molecule has 0 unspecified atom stereocenters. The van der Waals surface area contributed by atoms with Crippen molar-refractivity contribution in [3.05, 3.63) is 88.7 Å². The molecule has 3 aromatic rings. The van der Waals surface area contributed by atoms with Crippen molar-refractivity contribution >= 4 is 17.5 Å². The fourth-order valence-electron chi connectivity index (χ4n) is 4.02. The molecule has 1 aliphatic rings. The van der Waals surface area contributed by atoms with E-state index in [2.05, 4.69) is 30.9 Å². The maximum Gasteiger partial charge on any atom is 0.231 e. The number of methoxy groups -OCH3 is 1. The third kappa shape index (κ3) is 4.58. The van der Waals surface area contributed by atoms with Gasteiger partial charge in [0.15, 0.2) is 5.76 Å². The maximum absolute atomic E-state index is 12.9. The second-order valence-electron chi connectivity index (χ2n) is 7.87. The Labute approximate surface area is 195 Å². The summed E-state index contributed by atoms with van der Waals surface area (Å²) in [7, 11) is 1.64.